The van der Waals surface area contributed by atoms with Crippen LogP contribution in [0.25, 0.3) is 11.1 Å². The van der Waals surface area contributed by atoms with Gasteiger partial charge in [-0.25, -0.2) is 0 Å². The summed E-state index contributed by atoms with van der Waals surface area (Å²) in [6.07, 6.45) is 17.1. The summed E-state index contributed by atoms with van der Waals surface area (Å²) in [5.74, 6) is 0. The van der Waals surface area contributed by atoms with Crippen molar-refractivity contribution in [2.24, 2.45) is 0 Å². The molecule has 2 aromatic rings. The summed E-state index contributed by atoms with van der Waals surface area (Å²) in [4.78, 5) is 0. The Morgan fingerprint density at radius 3 is 1.33 bits per heavy atom. The van der Waals surface area contributed by atoms with Crippen LogP contribution >= 0.6 is 24.8 Å². The molecule has 30 heavy (non-hydrogen) atoms. The molecule has 2 aliphatic carbocycles. The molecule has 4 heteroatoms. The Morgan fingerprint density at radius 1 is 0.700 bits per heavy atom. The molecule has 2 aromatic carbocycles. The second kappa shape index (κ2) is 18.8. The molecule has 0 amide bonds. The van der Waals surface area contributed by atoms with Gasteiger partial charge in [0, 0.05) is 0 Å². The van der Waals surface area contributed by atoms with Crippen LogP contribution in [-0.2, 0) is 23.3 Å². The fourth-order valence-corrected chi connectivity index (χ4v) is 2.83. The van der Waals surface area contributed by atoms with Crippen molar-refractivity contribution in [3.8, 4) is 0 Å². The molecule has 0 bridgehead atoms. The van der Waals surface area contributed by atoms with E-state index in [-0.39, 0.29) is 39.7 Å². The van der Waals surface area contributed by atoms with E-state index in [1.807, 2.05) is 0 Å². The van der Waals surface area contributed by atoms with Crippen molar-refractivity contribution >= 4 is 42.8 Å². The fraction of sp³-hybridized carbons (Fsp3) is 0.154. The van der Waals surface area contributed by atoms with Gasteiger partial charge in [0.15, 0.2) is 0 Å². The van der Waals surface area contributed by atoms with Crippen molar-refractivity contribution in [2.45, 2.75) is 26.7 Å². The van der Waals surface area contributed by atoms with Crippen molar-refractivity contribution in [3.05, 3.63) is 122 Å². The summed E-state index contributed by atoms with van der Waals surface area (Å²) in [5, 5.41) is 0. The van der Waals surface area contributed by atoms with Gasteiger partial charge in [0.25, 0.3) is 0 Å². The van der Waals surface area contributed by atoms with Gasteiger partial charge in [0.05, 0.1) is 0 Å². The van der Waals surface area contributed by atoms with Gasteiger partial charge in [-0.1, -0.05) is 48.2 Å². The van der Waals surface area contributed by atoms with Crippen LogP contribution in [0.1, 0.15) is 35.1 Å². The minimum absolute atomic E-state index is 0. The molecular weight excluding hydrogens is 503 g/mol. The first-order valence-corrected chi connectivity index (χ1v) is 12.8. The predicted octanol–water partition coefficient (Wildman–Crippen LogP) is 7.64. The van der Waals surface area contributed by atoms with E-state index in [1.165, 1.54) is 56.7 Å². The van der Waals surface area contributed by atoms with Crippen LogP contribution < -0.4 is 0 Å². The number of benzene rings is 2. The quantitative estimate of drug-likeness (QED) is 0.275. The first kappa shape index (κ1) is 33.7. The average molecular weight is 533 g/mol. The summed E-state index contributed by atoms with van der Waals surface area (Å²) >= 11 is 1.36. The van der Waals surface area contributed by atoms with Crippen LogP contribution in [0.5, 0.6) is 0 Å². The minimum atomic E-state index is 0. The zero-order valence-corrected chi connectivity index (χ0v) is 23.2. The zero-order valence-electron chi connectivity index (χ0n) is 18.2. The van der Waals surface area contributed by atoms with E-state index in [1.54, 1.807) is 0 Å². The van der Waals surface area contributed by atoms with Gasteiger partial charge in [-0.2, -0.15) is 35.5 Å². The molecule has 2 aliphatic rings. The summed E-state index contributed by atoms with van der Waals surface area (Å²) in [5.41, 5.74) is 7.65. The Bertz CT molecular complexity index is 795. The Hall–Kier alpha value is -0.920. The van der Waals surface area contributed by atoms with E-state index in [4.69, 9.17) is 0 Å². The van der Waals surface area contributed by atoms with Crippen molar-refractivity contribution in [2.75, 3.05) is 0 Å². The van der Waals surface area contributed by atoms with E-state index in [2.05, 4.69) is 106 Å². The molecule has 0 unspecified atom stereocenters. The van der Waals surface area contributed by atoms with E-state index in [0.29, 0.717) is 0 Å². The van der Waals surface area contributed by atoms with E-state index in [0.717, 1.165) is 12.8 Å². The average Bonchev–Trinajstić information content (AvgIpc) is 3.38. The standard InChI is InChI=1S/2C12H11.2CH3.2ClH.Si.Zr/c2*1-10-5-4-8-12(9-10)11-6-2-3-7-11;;;;;;/h2*2,4-6,8-9H,3H2,1H3;2*1H3;2*1H;;/q4*-1;;;;. The molecule has 0 saturated heterocycles. The second-order valence-corrected chi connectivity index (χ2v) is 6.13. The zero-order chi connectivity index (χ0) is 18.8. The first-order valence-electron chi connectivity index (χ1n) is 8.66. The number of allylic oxidation sites excluding steroid dienone is 8. The van der Waals surface area contributed by atoms with Crippen LogP contribution in [0.2, 0.25) is 0 Å². The molecular formula is C26H30Cl2SiZr-4. The first-order chi connectivity index (χ1) is 12.7. The molecule has 0 spiro atoms. The van der Waals surface area contributed by atoms with Crippen molar-refractivity contribution in [1.29, 1.82) is 0 Å². The van der Waals surface area contributed by atoms with Gasteiger partial charge < -0.3 is 14.9 Å². The molecule has 0 fully saturated rings. The Kier molecular flexibility index (Phi) is 21.1. The Balaban J connectivity index is -0.000000400. The Labute approximate surface area is 213 Å². The molecule has 0 nitrogen and oxygen atoms in total. The molecule has 2 radical (unpaired) electrons. The van der Waals surface area contributed by atoms with Gasteiger partial charge in [-0.3, -0.25) is 0 Å². The van der Waals surface area contributed by atoms with E-state index in [9.17, 15) is 0 Å². The third kappa shape index (κ3) is 10.9. The van der Waals surface area contributed by atoms with Gasteiger partial charge >= 0.3 is 30.2 Å². The van der Waals surface area contributed by atoms with Crippen molar-refractivity contribution < 1.29 is 23.3 Å². The van der Waals surface area contributed by atoms with E-state index >= 15 is 0 Å². The molecule has 0 aliphatic heterocycles. The van der Waals surface area contributed by atoms with E-state index < -0.39 is 0 Å². The SMILES string of the molecule is Cc1cccc(C2=[C-]CC=C2)c1.Cc1cccc(C2=[C-]CC=C2)c1.Cl.Cl.[CH3-].[CH3-].[Si]=[Zr]. The summed E-state index contributed by atoms with van der Waals surface area (Å²) in [6.45, 7) is 7.29. The number of hydrogen-bond acceptors (Lipinski definition) is 0. The molecule has 0 atom stereocenters. The van der Waals surface area contributed by atoms with Crippen LogP contribution in [-0.4, -0.2) is 6.88 Å². The maximum absolute atomic E-state index is 3.31. The summed E-state index contributed by atoms with van der Waals surface area (Å²) < 4.78 is 0. The molecule has 0 N–H and O–H groups in total. The third-order valence-electron chi connectivity index (χ3n) is 4.05. The van der Waals surface area contributed by atoms with Crippen molar-refractivity contribution in [1.82, 2.24) is 0 Å². The summed E-state index contributed by atoms with van der Waals surface area (Å²) in [6, 6.07) is 17.1. The molecule has 160 valence electrons. The van der Waals surface area contributed by atoms with Crippen LogP contribution in [0, 0.1) is 40.9 Å². The molecule has 0 aromatic heterocycles. The molecule has 0 heterocycles. The molecule has 4 rings (SSSR count). The number of hydrogen-bond donors (Lipinski definition) is 0. The number of halogens is 2. The number of rotatable bonds is 2. The monoisotopic (exact) mass is 530 g/mol. The topological polar surface area (TPSA) is 0 Å². The maximum atomic E-state index is 3.31. The van der Waals surface area contributed by atoms with Gasteiger partial charge in [-0.15, -0.1) is 72.4 Å². The van der Waals surface area contributed by atoms with Crippen LogP contribution in [0.3, 0.4) is 0 Å². The third-order valence-corrected chi connectivity index (χ3v) is 4.05. The summed E-state index contributed by atoms with van der Waals surface area (Å²) in [7, 11) is 0. The van der Waals surface area contributed by atoms with Gasteiger partial charge in [0.1, 0.15) is 0 Å². The second-order valence-electron chi connectivity index (χ2n) is 6.13. The predicted molar refractivity (Wildman–Crippen MR) is 136 cm³/mol. The van der Waals surface area contributed by atoms with Crippen molar-refractivity contribution in [3.63, 3.8) is 0 Å². The Morgan fingerprint density at radius 2 is 1.07 bits per heavy atom. The van der Waals surface area contributed by atoms with Gasteiger partial charge in [0.2, 0.25) is 0 Å². The van der Waals surface area contributed by atoms with Crippen LogP contribution in [0.15, 0.2) is 72.8 Å². The van der Waals surface area contributed by atoms with Crippen LogP contribution in [0.4, 0.5) is 0 Å². The fourth-order valence-electron chi connectivity index (χ4n) is 2.83. The number of aryl methyl sites for hydroxylation is 2. The molecule has 0 saturated carbocycles. The van der Waals surface area contributed by atoms with Gasteiger partial charge in [-0.05, 0) is 13.8 Å². The normalized spacial score (nSPS) is 12.0.